The molecule has 0 aromatic heterocycles. The summed E-state index contributed by atoms with van der Waals surface area (Å²) in [6.45, 7) is 6.73. The zero-order valence-corrected chi connectivity index (χ0v) is 10.6. The number of rotatable bonds is 2. The first-order valence-corrected chi connectivity index (χ1v) is 5.36. The molecule has 0 bridgehead atoms. The zero-order chi connectivity index (χ0) is 13.2. The van der Waals surface area contributed by atoms with Crippen molar-refractivity contribution in [2.45, 2.75) is 33.2 Å². The van der Waals surface area contributed by atoms with E-state index in [-0.39, 0.29) is 18.0 Å². The van der Waals surface area contributed by atoms with Crippen molar-refractivity contribution in [3.63, 3.8) is 0 Å². The van der Waals surface area contributed by atoms with Crippen LogP contribution in [0.15, 0.2) is 28.5 Å². The number of hydrogen-bond acceptors (Lipinski definition) is 5. The summed E-state index contributed by atoms with van der Waals surface area (Å²) in [6.07, 6.45) is 2.78. The summed E-state index contributed by atoms with van der Waals surface area (Å²) in [5.41, 5.74) is 0.508. The first kappa shape index (κ1) is 13.6. The Morgan fingerprint density at radius 2 is 2.06 bits per heavy atom. The maximum absolute atomic E-state index is 11.9. The number of hydroxylamine groups is 2. The van der Waals surface area contributed by atoms with Gasteiger partial charge in [-0.1, -0.05) is 0 Å². The van der Waals surface area contributed by atoms with Crippen molar-refractivity contribution in [1.29, 1.82) is 0 Å². The van der Waals surface area contributed by atoms with E-state index < -0.39 is 5.54 Å². The molecule has 0 atom stereocenters. The van der Waals surface area contributed by atoms with Crippen molar-refractivity contribution in [3.05, 3.63) is 23.5 Å². The summed E-state index contributed by atoms with van der Waals surface area (Å²) in [4.78, 5) is 15.8. The lowest BCUT2D eigenvalue weighted by molar-refractivity contribution is -0.115. The van der Waals surface area contributed by atoms with Crippen molar-refractivity contribution in [3.8, 4) is 0 Å². The molecular formula is C12H18N2O3. The van der Waals surface area contributed by atoms with Crippen LogP contribution in [0.1, 0.15) is 27.7 Å². The van der Waals surface area contributed by atoms with E-state index in [1.165, 1.54) is 12.4 Å². The SMILES string of the molecule is CC1=NC=C(CO)C(=CN(O)C(C)(C)C)C1=O. The number of carbonyl (C=O) groups is 1. The van der Waals surface area contributed by atoms with Crippen molar-refractivity contribution in [2.75, 3.05) is 6.61 Å². The van der Waals surface area contributed by atoms with Crippen LogP contribution in [0.4, 0.5) is 0 Å². The summed E-state index contributed by atoms with van der Waals surface area (Å²) in [5.74, 6) is -0.278. The molecule has 0 aliphatic carbocycles. The Bertz CT molecular complexity index is 414. The van der Waals surface area contributed by atoms with Gasteiger partial charge in [-0.15, -0.1) is 0 Å². The molecule has 0 amide bonds. The van der Waals surface area contributed by atoms with E-state index in [9.17, 15) is 10.0 Å². The van der Waals surface area contributed by atoms with Crippen LogP contribution < -0.4 is 0 Å². The first-order valence-electron chi connectivity index (χ1n) is 5.36. The number of aliphatic hydroxyl groups excluding tert-OH is 1. The third-order valence-corrected chi connectivity index (χ3v) is 2.44. The monoisotopic (exact) mass is 238 g/mol. The van der Waals surface area contributed by atoms with Crippen LogP contribution in [0.25, 0.3) is 0 Å². The van der Waals surface area contributed by atoms with Gasteiger partial charge in [-0.2, -0.15) is 0 Å². The van der Waals surface area contributed by atoms with Gasteiger partial charge in [0, 0.05) is 23.5 Å². The van der Waals surface area contributed by atoms with Gasteiger partial charge in [0.15, 0.2) is 0 Å². The molecule has 0 fully saturated rings. The Balaban J connectivity index is 3.12. The fourth-order valence-corrected chi connectivity index (χ4v) is 1.23. The molecule has 94 valence electrons. The number of aliphatic hydroxyl groups is 1. The van der Waals surface area contributed by atoms with Gasteiger partial charge in [0.25, 0.3) is 0 Å². The van der Waals surface area contributed by atoms with Crippen LogP contribution in [0.3, 0.4) is 0 Å². The lowest BCUT2D eigenvalue weighted by Gasteiger charge is -2.29. The van der Waals surface area contributed by atoms with Crippen molar-refractivity contribution in [2.24, 2.45) is 4.99 Å². The van der Waals surface area contributed by atoms with E-state index in [1.54, 1.807) is 27.7 Å². The van der Waals surface area contributed by atoms with Gasteiger partial charge in [-0.3, -0.25) is 20.1 Å². The van der Waals surface area contributed by atoms with Gasteiger partial charge >= 0.3 is 0 Å². The molecule has 0 aromatic carbocycles. The minimum absolute atomic E-state index is 0.275. The molecule has 5 heteroatoms. The van der Waals surface area contributed by atoms with E-state index in [1.807, 2.05) is 0 Å². The lowest BCUT2D eigenvalue weighted by atomic mass is 9.98. The van der Waals surface area contributed by atoms with E-state index in [4.69, 9.17) is 5.11 Å². The van der Waals surface area contributed by atoms with Crippen molar-refractivity contribution < 1.29 is 15.1 Å². The molecule has 1 aliphatic rings. The Hall–Kier alpha value is -1.46. The number of ketones is 1. The number of carbonyl (C=O) groups excluding carboxylic acids is 1. The lowest BCUT2D eigenvalue weighted by Crippen LogP contribution is -2.35. The fourth-order valence-electron chi connectivity index (χ4n) is 1.23. The van der Waals surface area contributed by atoms with Gasteiger partial charge in [-0.25, -0.2) is 0 Å². The van der Waals surface area contributed by atoms with Crippen LogP contribution in [0.5, 0.6) is 0 Å². The highest BCUT2D eigenvalue weighted by molar-refractivity contribution is 6.46. The second-order valence-electron chi connectivity index (χ2n) is 4.91. The topological polar surface area (TPSA) is 73.1 Å². The maximum atomic E-state index is 11.9. The molecule has 17 heavy (non-hydrogen) atoms. The molecule has 0 spiro atoms. The Morgan fingerprint density at radius 1 is 1.47 bits per heavy atom. The molecule has 0 saturated heterocycles. The average molecular weight is 238 g/mol. The Kier molecular flexibility index (Phi) is 3.85. The molecule has 0 radical (unpaired) electrons. The fraction of sp³-hybridized carbons (Fsp3) is 0.500. The molecule has 1 heterocycles. The number of Topliss-reactive ketones (excluding diaryl/α,β-unsaturated/α-hetero) is 1. The molecule has 0 aromatic rings. The Morgan fingerprint density at radius 3 is 2.53 bits per heavy atom. The predicted octanol–water partition coefficient (Wildman–Crippen LogP) is 1.28. The molecule has 2 N–H and O–H groups in total. The first-order chi connectivity index (χ1) is 7.77. The second kappa shape index (κ2) is 4.81. The molecule has 1 aliphatic heterocycles. The standard InChI is InChI=1S/C12H18N2O3/c1-8-11(16)10(9(7-15)5-13-8)6-14(17)12(2,3)4/h5-6,15,17H,7H2,1-4H3. The van der Waals surface area contributed by atoms with Crippen LogP contribution in [-0.4, -0.2) is 39.0 Å². The smallest absolute Gasteiger partial charge is 0.208 e. The molecular weight excluding hydrogens is 220 g/mol. The molecule has 1 rings (SSSR count). The Labute approximate surface area is 101 Å². The summed E-state index contributed by atoms with van der Waals surface area (Å²) in [5, 5.41) is 19.9. The van der Waals surface area contributed by atoms with Crippen LogP contribution in [0.2, 0.25) is 0 Å². The van der Waals surface area contributed by atoms with E-state index in [2.05, 4.69) is 4.99 Å². The molecule has 0 unspecified atom stereocenters. The van der Waals surface area contributed by atoms with Gasteiger partial charge in [0.05, 0.1) is 17.9 Å². The molecule has 0 saturated carbocycles. The summed E-state index contributed by atoms with van der Waals surface area (Å²) in [7, 11) is 0. The third kappa shape index (κ3) is 3.01. The number of hydrogen-bond donors (Lipinski definition) is 2. The average Bonchev–Trinajstić information content (AvgIpc) is 2.23. The van der Waals surface area contributed by atoms with E-state index >= 15 is 0 Å². The number of nitrogens with zero attached hydrogens (tertiary/aromatic N) is 2. The predicted molar refractivity (Wildman–Crippen MR) is 64.7 cm³/mol. The summed E-state index contributed by atoms with van der Waals surface area (Å²) >= 11 is 0. The minimum atomic E-state index is -0.518. The van der Waals surface area contributed by atoms with Crippen LogP contribution in [-0.2, 0) is 4.79 Å². The second-order valence-corrected chi connectivity index (χ2v) is 4.91. The van der Waals surface area contributed by atoms with E-state index in [0.29, 0.717) is 11.3 Å². The van der Waals surface area contributed by atoms with Crippen molar-refractivity contribution >= 4 is 11.5 Å². The van der Waals surface area contributed by atoms with Crippen molar-refractivity contribution in [1.82, 2.24) is 5.06 Å². The van der Waals surface area contributed by atoms with Gasteiger partial charge in [0.2, 0.25) is 5.78 Å². The number of aliphatic imine (C=N–C) groups is 1. The summed E-state index contributed by atoms with van der Waals surface area (Å²) < 4.78 is 0. The van der Waals surface area contributed by atoms with Crippen LogP contribution in [0, 0.1) is 0 Å². The highest BCUT2D eigenvalue weighted by Crippen LogP contribution is 2.20. The third-order valence-electron chi connectivity index (χ3n) is 2.44. The normalized spacial score (nSPS) is 19.2. The molecule has 5 nitrogen and oxygen atoms in total. The van der Waals surface area contributed by atoms with Gasteiger partial charge < -0.3 is 5.11 Å². The van der Waals surface area contributed by atoms with Gasteiger partial charge in [-0.05, 0) is 27.7 Å². The minimum Gasteiger partial charge on any atom is -0.392 e. The van der Waals surface area contributed by atoms with Gasteiger partial charge in [0.1, 0.15) is 0 Å². The van der Waals surface area contributed by atoms with Crippen LogP contribution >= 0.6 is 0 Å². The quantitative estimate of drug-likeness (QED) is 0.561. The summed E-state index contributed by atoms with van der Waals surface area (Å²) in [6, 6.07) is 0. The zero-order valence-electron chi connectivity index (χ0n) is 10.6. The highest BCUT2D eigenvalue weighted by atomic mass is 16.5. The largest absolute Gasteiger partial charge is 0.392 e. The highest BCUT2D eigenvalue weighted by Gasteiger charge is 2.24. The maximum Gasteiger partial charge on any atom is 0.208 e. The van der Waals surface area contributed by atoms with E-state index in [0.717, 1.165) is 5.06 Å².